The van der Waals surface area contributed by atoms with Crippen LogP contribution in [0.3, 0.4) is 0 Å². The van der Waals surface area contributed by atoms with E-state index in [2.05, 4.69) is 47.2 Å². The number of nitrogens with one attached hydrogen (secondary N) is 2. The summed E-state index contributed by atoms with van der Waals surface area (Å²) in [5.41, 5.74) is 3.49. The highest BCUT2D eigenvalue weighted by Gasteiger charge is 2.23. The number of piperazine rings is 1. The lowest BCUT2D eigenvalue weighted by atomic mass is 10.1. The third kappa shape index (κ3) is 4.92. The van der Waals surface area contributed by atoms with Gasteiger partial charge in [-0.2, -0.15) is 0 Å². The van der Waals surface area contributed by atoms with Crippen LogP contribution in [0.1, 0.15) is 18.7 Å². The fourth-order valence-corrected chi connectivity index (χ4v) is 5.91. The quantitative estimate of drug-likeness (QED) is 0.544. The van der Waals surface area contributed by atoms with Crippen LogP contribution < -0.4 is 19.7 Å². The SMILES string of the molecule is COc1ccc(N2C[C@@H](C)N[C@@H](C)C2)cc1NS(=O)(=O)c1ccc(-c2csc(C)c2)cc1. The van der Waals surface area contributed by atoms with Crippen LogP contribution in [0, 0.1) is 6.92 Å². The van der Waals surface area contributed by atoms with Crippen LogP contribution in [0.2, 0.25) is 0 Å². The van der Waals surface area contributed by atoms with E-state index in [4.69, 9.17) is 4.74 Å². The summed E-state index contributed by atoms with van der Waals surface area (Å²) in [5, 5.41) is 5.59. The maximum absolute atomic E-state index is 13.1. The van der Waals surface area contributed by atoms with Crippen LogP contribution in [0.15, 0.2) is 58.8 Å². The minimum Gasteiger partial charge on any atom is -0.495 e. The second-order valence-corrected chi connectivity index (χ2v) is 11.1. The first-order chi connectivity index (χ1) is 15.2. The molecule has 170 valence electrons. The Hall–Kier alpha value is -2.55. The third-order valence-electron chi connectivity index (χ3n) is 5.58. The molecule has 0 radical (unpaired) electrons. The molecule has 0 spiro atoms. The van der Waals surface area contributed by atoms with Gasteiger partial charge in [0.25, 0.3) is 10.0 Å². The molecule has 2 aromatic carbocycles. The number of hydrogen-bond donors (Lipinski definition) is 2. The van der Waals surface area contributed by atoms with Gasteiger partial charge in [0.1, 0.15) is 5.75 Å². The summed E-state index contributed by atoms with van der Waals surface area (Å²) >= 11 is 1.68. The number of sulfonamides is 1. The lowest BCUT2D eigenvalue weighted by Crippen LogP contribution is -2.54. The fourth-order valence-electron chi connectivity index (χ4n) is 4.14. The molecule has 1 aromatic heterocycles. The minimum atomic E-state index is -3.77. The minimum absolute atomic E-state index is 0.213. The number of nitrogens with zero attached hydrogens (tertiary/aromatic N) is 1. The topological polar surface area (TPSA) is 70.7 Å². The molecule has 2 atom stereocenters. The first-order valence-corrected chi connectivity index (χ1v) is 13.0. The van der Waals surface area contributed by atoms with Gasteiger partial charge >= 0.3 is 0 Å². The van der Waals surface area contributed by atoms with Crippen LogP contribution in [0.4, 0.5) is 11.4 Å². The van der Waals surface area contributed by atoms with E-state index in [0.717, 1.165) is 29.9 Å². The number of hydrogen-bond acceptors (Lipinski definition) is 6. The van der Waals surface area contributed by atoms with Crippen LogP contribution in [-0.4, -0.2) is 40.7 Å². The number of ether oxygens (including phenoxy) is 1. The van der Waals surface area contributed by atoms with Crippen LogP contribution >= 0.6 is 11.3 Å². The van der Waals surface area contributed by atoms with Crippen molar-refractivity contribution >= 4 is 32.7 Å². The van der Waals surface area contributed by atoms with Crippen molar-refractivity contribution in [1.29, 1.82) is 0 Å². The molecule has 2 heterocycles. The Bertz CT molecular complexity index is 1180. The molecule has 1 aliphatic rings. The molecule has 0 aliphatic carbocycles. The van der Waals surface area contributed by atoms with Gasteiger partial charge in [-0.25, -0.2) is 8.42 Å². The van der Waals surface area contributed by atoms with E-state index in [-0.39, 0.29) is 4.90 Å². The Morgan fingerprint density at radius 3 is 2.31 bits per heavy atom. The van der Waals surface area contributed by atoms with Gasteiger partial charge in [0.05, 0.1) is 17.7 Å². The largest absolute Gasteiger partial charge is 0.495 e. The van der Waals surface area contributed by atoms with Crippen LogP contribution in [0.5, 0.6) is 5.75 Å². The second kappa shape index (κ2) is 9.13. The first kappa shape index (κ1) is 22.6. The van der Waals surface area contributed by atoms with E-state index in [1.54, 1.807) is 30.6 Å². The van der Waals surface area contributed by atoms with Crippen molar-refractivity contribution in [3.8, 4) is 16.9 Å². The summed E-state index contributed by atoms with van der Waals surface area (Å²) in [6, 6.07) is 15.4. The van der Waals surface area contributed by atoms with Gasteiger partial charge in [-0.1, -0.05) is 12.1 Å². The molecule has 8 heteroatoms. The van der Waals surface area contributed by atoms with Crippen molar-refractivity contribution < 1.29 is 13.2 Å². The molecule has 0 amide bonds. The van der Waals surface area contributed by atoms with Crippen LogP contribution in [0.25, 0.3) is 11.1 Å². The van der Waals surface area contributed by atoms with E-state index in [1.807, 2.05) is 30.3 Å². The van der Waals surface area contributed by atoms with Crippen LogP contribution in [-0.2, 0) is 10.0 Å². The van der Waals surface area contributed by atoms with E-state index >= 15 is 0 Å². The molecule has 0 bridgehead atoms. The smallest absolute Gasteiger partial charge is 0.262 e. The van der Waals surface area contributed by atoms with Gasteiger partial charge in [-0.15, -0.1) is 11.3 Å². The number of benzene rings is 2. The number of thiophene rings is 1. The van der Waals surface area contributed by atoms with Gasteiger partial charge in [-0.3, -0.25) is 4.72 Å². The molecule has 0 unspecified atom stereocenters. The Kier molecular flexibility index (Phi) is 6.46. The highest BCUT2D eigenvalue weighted by atomic mass is 32.2. The number of rotatable bonds is 6. The molecule has 32 heavy (non-hydrogen) atoms. The van der Waals surface area contributed by atoms with Gasteiger partial charge in [0, 0.05) is 35.7 Å². The summed E-state index contributed by atoms with van der Waals surface area (Å²) in [6.07, 6.45) is 0. The molecule has 1 saturated heterocycles. The van der Waals surface area contributed by atoms with Crippen molar-refractivity contribution in [1.82, 2.24) is 5.32 Å². The van der Waals surface area contributed by atoms with E-state index < -0.39 is 10.0 Å². The molecule has 2 N–H and O–H groups in total. The summed E-state index contributed by atoms with van der Waals surface area (Å²) in [5.74, 6) is 0.485. The van der Waals surface area contributed by atoms with Crippen molar-refractivity contribution in [2.24, 2.45) is 0 Å². The number of methoxy groups -OCH3 is 1. The lowest BCUT2D eigenvalue weighted by molar-refractivity contribution is 0.406. The fraction of sp³-hybridized carbons (Fsp3) is 0.333. The van der Waals surface area contributed by atoms with Crippen molar-refractivity contribution in [2.75, 3.05) is 29.8 Å². The predicted octanol–water partition coefficient (Wildman–Crippen LogP) is 4.72. The zero-order chi connectivity index (χ0) is 22.9. The standard InChI is InChI=1S/C24H29N3O3S2/c1-16-13-27(14-17(2)25-16)21-7-10-24(30-4)23(12-21)26-32(28,29)22-8-5-19(6-9-22)20-11-18(3)31-15-20/h5-12,15-17,25-26H,13-14H2,1-4H3/t16-,17+. The Morgan fingerprint density at radius 1 is 1.03 bits per heavy atom. The molecular formula is C24H29N3O3S2. The number of aryl methyl sites for hydroxylation is 1. The summed E-state index contributed by atoms with van der Waals surface area (Å²) in [6.45, 7) is 8.06. The first-order valence-electron chi connectivity index (χ1n) is 10.6. The van der Waals surface area contributed by atoms with Gasteiger partial charge in [0.15, 0.2) is 0 Å². The normalized spacial score (nSPS) is 19.1. The zero-order valence-corrected chi connectivity index (χ0v) is 20.4. The van der Waals surface area contributed by atoms with Crippen molar-refractivity contribution in [3.05, 3.63) is 58.8 Å². The Morgan fingerprint density at radius 2 is 1.72 bits per heavy atom. The molecule has 1 fully saturated rings. The molecule has 0 saturated carbocycles. The van der Waals surface area contributed by atoms with Gasteiger partial charge in [0.2, 0.25) is 0 Å². The van der Waals surface area contributed by atoms with E-state index in [1.165, 1.54) is 4.88 Å². The summed E-state index contributed by atoms with van der Waals surface area (Å²) in [4.78, 5) is 3.70. The molecule has 3 aromatic rings. The van der Waals surface area contributed by atoms with Gasteiger partial charge < -0.3 is 15.0 Å². The average molecular weight is 472 g/mol. The average Bonchev–Trinajstić information content (AvgIpc) is 3.19. The predicted molar refractivity (Wildman–Crippen MR) is 133 cm³/mol. The van der Waals surface area contributed by atoms with E-state index in [9.17, 15) is 8.42 Å². The monoisotopic (exact) mass is 471 g/mol. The molecular weight excluding hydrogens is 442 g/mol. The molecule has 6 nitrogen and oxygen atoms in total. The molecule has 1 aliphatic heterocycles. The Labute approximate surface area is 194 Å². The highest BCUT2D eigenvalue weighted by Crippen LogP contribution is 2.33. The summed E-state index contributed by atoms with van der Waals surface area (Å²) < 4.78 is 34.4. The molecule has 4 rings (SSSR count). The van der Waals surface area contributed by atoms with Crippen molar-refractivity contribution in [2.45, 2.75) is 37.8 Å². The lowest BCUT2D eigenvalue weighted by Gasteiger charge is -2.38. The Balaban J connectivity index is 1.59. The second-order valence-electron chi connectivity index (χ2n) is 8.33. The van der Waals surface area contributed by atoms with E-state index in [0.29, 0.717) is 23.5 Å². The maximum Gasteiger partial charge on any atom is 0.262 e. The zero-order valence-electron chi connectivity index (χ0n) is 18.8. The third-order valence-corrected chi connectivity index (χ3v) is 7.82. The van der Waals surface area contributed by atoms with Gasteiger partial charge in [-0.05, 0) is 73.7 Å². The maximum atomic E-state index is 13.1. The highest BCUT2D eigenvalue weighted by molar-refractivity contribution is 7.92. The van der Waals surface area contributed by atoms with Crippen molar-refractivity contribution in [3.63, 3.8) is 0 Å². The summed E-state index contributed by atoms with van der Waals surface area (Å²) in [7, 11) is -2.23. The number of anilines is 2.